The summed E-state index contributed by atoms with van der Waals surface area (Å²) >= 11 is 5.77. The van der Waals surface area contributed by atoms with Crippen molar-refractivity contribution in [3.05, 3.63) is 11.4 Å². The molecular formula is C12H20ClN3O2S. The predicted molar refractivity (Wildman–Crippen MR) is 74.9 cm³/mol. The van der Waals surface area contributed by atoms with Crippen molar-refractivity contribution in [1.29, 1.82) is 0 Å². The van der Waals surface area contributed by atoms with Crippen molar-refractivity contribution in [2.24, 2.45) is 7.05 Å². The molecule has 1 atom stereocenters. The quantitative estimate of drug-likeness (QED) is 0.797. The lowest BCUT2D eigenvalue weighted by Crippen LogP contribution is -2.36. The summed E-state index contributed by atoms with van der Waals surface area (Å²) in [5.41, 5.74) is 1.26. The third kappa shape index (κ3) is 2.53. The molecule has 1 aromatic rings. The number of aryl methyl sites for hydroxylation is 2. The molecule has 0 N–H and O–H groups in total. The maximum absolute atomic E-state index is 12.8. The average molecular weight is 306 g/mol. The molecule has 2 heterocycles. The first-order chi connectivity index (χ1) is 8.89. The molecular weight excluding hydrogens is 286 g/mol. The van der Waals surface area contributed by atoms with Crippen molar-refractivity contribution in [2.75, 3.05) is 12.4 Å². The van der Waals surface area contributed by atoms with Gasteiger partial charge in [0.25, 0.3) is 0 Å². The summed E-state index contributed by atoms with van der Waals surface area (Å²) < 4.78 is 28.8. The molecule has 0 aromatic carbocycles. The number of halogens is 1. The van der Waals surface area contributed by atoms with Gasteiger partial charge in [-0.25, -0.2) is 8.42 Å². The van der Waals surface area contributed by atoms with Gasteiger partial charge in [-0.1, -0.05) is 0 Å². The first-order valence-electron chi connectivity index (χ1n) is 6.47. The zero-order chi connectivity index (χ0) is 14.2. The van der Waals surface area contributed by atoms with Crippen LogP contribution in [0.2, 0.25) is 0 Å². The number of alkyl halides is 1. The third-order valence-corrected chi connectivity index (χ3v) is 6.20. The number of nitrogens with zero attached hydrogens (tertiary/aromatic N) is 3. The zero-order valence-electron chi connectivity index (χ0n) is 11.6. The summed E-state index contributed by atoms with van der Waals surface area (Å²) in [5.74, 6) is 0.488. The smallest absolute Gasteiger partial charge is 0.246 e. The Balaban J connectivity index is 2.42. The van der Waals surface area contributed by atoms with Crippen LogP contribution in [0.3, 0.4) is 0 Å². The Morgan fingerprint density at radius 2 is 2.11 bits per heavy atom. The maximum Gasteiger partial charge on any atom is 0.246 e. The Bertz CT molecular complexity index is 568. The zero-order valence-corrected chi connectivity index (χ0v) is 13.1. The van der Waals surface area contributed by atoms with Gasteiger partial charge < -0.3 is 0 Å². The van der Waals surface area contributed by atoms with E-state index in [9.17, 15) is 8.42 Å². The van der Waals surface area contributed by atoms with E-state index in [-0.39, 0.29) is 6.04 Å². The van der Waals surface area contributed by atoms with Crippen LogP contribution in [-0.2, 0) is 17.1 Å². The molecule has 0 spiro atoms. The van der Waals surface area contributed by atoms with E-state index in [1.54, 1.807) is 29.9 Å². The molecule has 7 heteroatoms. The van der Waals surface area contributed by atoms with E-state index in [0.717, 1.165) is 12.8 Å². The second-order valence-corrected chi connectivity index (χ2v) is 7.22. The minimum atomic E-state index is -3.46. The van der Waals surface area contributed by atoms with E-state index < -0.39 is 10.0 Å². The molecule has 0 saturated carbocycles. The molecule has 0 bridgehead atoms. The van der Waals surface area contributed by atoms with Gasteiger partial charge in [-0.15, -0.1) is 11.6 Å². The maximum atomic E-state index is 12.8. The summed E-state index contributed by atoms with van der Waals surface area (Å²) in [6, 6.07) is 0.0292. The molecule has 1 fully saturated rings. The Morgan fingerprint density at radius 1 is 1.42 bits per heavy atom. The van der Waals surface area contributed by atoms with Gasteiger partial charge in [0.15, 0.2) is 0 Å². The van der Waals surface area contributed by atoms with Crippen LogP contribution in [0.25, 0.3) is 0 Å². The van der Waals surface area contributed by atoms with Crippen molar-refractivity contribution in [3.8, 4) is 0 Å². The number of sulfonamides is 1. The monoisotopic (exact) mass is 305 g/mol. The number of rotatable bonds is 4. The topological polar surface area (TPSA) is 55.2 Å². The van der Waals surface area contributed by atoms with Gasteiger partial charge >= 0.3 is 0 Å². The van der Waals surface area contributed by atoms with Crippen LogP contribution in [-0.4, -0.2) is 41.0 Å². The lowest BCUT2D eigenvalue weighted by molar-refractivity contribution is 0.380. The normalized spacial score (nSPS) is 21.2. The fraction of sp³-hybridized carbons (Fsp3) is 0.750. The fourth-order valence-electron chi connectivity index (χ4n) is 2.78. The molecule has 19 heavy (non-hydrogen) atoms. The van der Waals surface area contributed by atoms with Gasteiger partial charge in [-0.3, -0.25) is 4.68 Å². The number of aromatic nitrogens is 2. The Hall–Kier alpha value is -0.590. The van der Waals surface area contributed by atoms with Crippen LogP contribution < -0.4 is 0 Å². The molecule has 0 radical (unpaired) electrons. The molecule has 1 saturated heterocycles. The molecule has 1 unspecified atom stereocenters. The summed E-state index contributed by atoms with van der Waals surface area (Å²) in [5, 5.41) is 4.20. The van der Waals surface area contributed by atoms with Gasteiger partial charge in [0.05, 0.1) is 11.4 Å². The van der Waals surface area contributed by atoms with Crippen molar-refractivity contribution in [1.82, 2.24) is 14.1 Å². The highest BCUT2D eigenvalue weighted by Gasteiger charge is 2.37. The predicted octanol–water partition coefficient (Wildman–Crippen LogP) is 1.82. The molecule has 1 aliphatic heterocycles. The van der Waals surface area contributed by atoms with Crippen LogP contribution in [0.4, 0.5) is 0 Å². The van der Waals surface area contributed by atoms with Gasteiger partial charge in [-0.2, -0.15) is 9.40 Å². The van der Waals surface area contributed by atoms with E-state index in [1.807, 2.05) is 0 Å². The Morgan fingerprint density at radius 3 is 2.63 bits per heavy atom. The molecule has 0 aliphatic carbocycles. The molecule has 5 nitrogen and oxygen atoms in total. The van der Waals surface area contributed by atoms with Gasteiger partial charge in [0.1, 0.15) is 4.90 Å². The van der Waals surface area contributed by atoms with Crippen molar-refractivity contribution < 1.29 is 8.42 Å². The van der Waals surface area contributed by atoms with E-state index in [4.69, 9.17) is 11.6 Å². The second-order valence-electron chi connectivity index (χ2n) is 5.01. The largest absolute Gasteiger partial charge is 0.271 e. The Kier molecular flexibility index (Phi) is 4.23. The highest BCUT2D eigenvalue weighted by atomic mass is 35.5. The highest BCUT2D eigenvalue weighted by molar-refractivity contribution is 7.89. The SMILES string of the molecule is Cc1nn(C)c(C)c1S(=O)(=O)N1CCCC1CCCl. The van der Waals surface area contributed by atoms with Crippen LogP contribution in [0, 0.1) is 13.8 Å². The van der Waals surface area contributed by atoms with E-state index in [0.29, 0.717) is 35.1 Å². The van der Waals surface area contributed by atoms with Gasteiger partial charge in [0.2, 0.25) is 10.0 Å². The molecule has 1 aromatic heterocycles. The third-order valence-electron chi connectivity index (χ3n) is 3.77. The van der Waals surface area contributed by atoms with Crippen molar-refractivity contribution in [3.63, 3.8) is 0 Å². The average Bonchev–Trinajstić information content (AvgIpc) is 2.86. The lowest BCUT2D eigenvalue weighted by atomic mass is 10.2. The molecule has 108 valence electrons. The molecule has 2 rings (SSSR count). The van der Waals surface area contributed by atoms with E-state index in [2.05, 4.69) is 5.10 Å². The van der Waals surface area contributed by atoms with E-state index >= 15 is 0 Å². The first-order valence-corrected chi connectivity index (χ1v) is 8.45. The standard InChI is InChI=1S/C12H20ClN3O2S/c1-9-12(10(2)15(3)14-9)19(17,18)16-8-4-5-11(16)6-7-13/h11H,4-8H2,1-3H3. The molecule has 0 amide bonds. The summed E-state index contributed by atoms with van der Waals surface area (Å²) in [6.45, 7) is 4.11. The minimum absolute atomic E-state index is 0.0292. The summed E-state index contributed by atoms with van der Waals surface area (Å²) in [7, 11) is -1.69. The summed E-state index contributed by atoms with van der Waals surface area (Å²) in [6.07, 6.45) is 2.50. The lowest BCUT2D eigenvalue weighted by Gasteiger charge is -2.23. The number of hydrogen-bond donors (Lipinski definition) is 0. The van der Waals surface area contributed by atoms with Gasteiger partial charge in [-0.05, 0) is 33.1 Å². The van der Waals surface area contributed by atoms with Crippen molar-refractivity contribution >= 4 is 21.6 Å². The van der Waals surface area contributed by atoms with Crippen LogP contribution >= 0.6 is 11.6 Å². The van der Waals surface area contributed by atoms with Crippen LogP contribution in [0.1, 0.15) is 30.7 Å². The molecule has 1 aliphatic rings. The highest BCUT2D eigenvalue weighted by Crippen LogP contribution is 2.30. The first kappa shape index (κ1) is 14.8. The van der Waals surface area contributed by atoms with Crippen molar-refractivity contribution in [2.45, 2.75) is 44.0 Å². The Labute approximate surface area is 119 Å². The minimum Gasteiger partial charge on any atom is -0.271 e. The summed E-state index contributed by atoms with van der Waals surface area (Å²) in [4.78, 5) is 0.358. The fourth-order valence-corrected chi connectivity index (χ4v) is 5.16. The van der Waals surface area contributed by atoms with Crippen LogP contribution in [0.5, 0.6) is 0 Å². The van der Waals surface area contributed by atoms with E-state index in [1.165, 1.54) is 0 Å². The number of hydrogen-bond acceptors (Lipinski definition) is 3. The second kappa shape index (κ2) is 5.42. The van der Waals surface area contributed by atoms with Gasteiger partial charge in [0, 0.05) is 25.5 Å². The van der Waals surface area contributed by atoms with Crippen LogP contribution in [0.15, 0.2) is 4.90 Å².